The van der Waals surface area contributed by atoms with Gasteiger partial charge in [0.25, 0.3) is 0 Å². The summed E-state index contributed by atoms with van der Waals surface area (Å²) in [4.78, 5) is 11.9. The van der Waals surface area contributed by atoms with Crippen molar-refractivity contribution < 1.29 is 19.0 Å². The number of carbonyl (C=O) groups excluding carboxylic acids is 1. The Morgan fingerprint density at radius 1 is 0.920 bits per heavy atom. The molecule has 0 spiro atoms. The van der Waals surface area contributed by atoms with E-state index in [2.05, 4.69) is 5.32 Å². The van der Waals surface area contributed by atoms with Crippen molar-refractivity contribution >= 4 is 5.91 Å². The summed E-state index contributed by atoms with van der Waals surface area (Å²) in [5.74, 6) is 2.43. The molecule has 0 aliphatic carbocycles. The Morgan fingerprint density at radius 2 is 1.52 bits per heavy atom. The summed E-state index contributed by atoms with van der Waals surface area (Å²) in [5, 5.41) is 2.90. The average Bonchev–Trinajstić information content (AvgIpc) is 2.65. The van der Waals surface area contributed by atoms with E-state index >= 15 is 0 Å². The van der Waals surface area contributed by atoms with Crippen molar-refractivity contribution in [2.45, 2.75) is 26.3 Å². The lowest BCUT2D eigenvalue weighted by Gasteiger charge is -2.08. The second-order valence-electron chi connectivity index (χ2n) is 5.48. The molecule has 2 rings (SSSR count). The molecule has 0 saturated heterocycles. The molecular weight excluding hydrogens is 318 g/mol. The Bertz CT molecular complexity index is 638. The lowest BCUT2D eigenvalue weighted by atomic mass is 10.2. The van der Waals surface area contributed by atoms with E-state index in [1.165, 1.54) is 0 Å². The van der Waals surface area contributed by atoms with Crippen molar-refractivity contribution in [3.63, 3.8) is 0 Å². The van der Waals surface area contributed by atoms with Crippen LogP contribution in [0.3, 0.4) is 0 Å². The number of nitrogens with one attached hydrogen (secondary N) is 1. The monoisotopic (exact) mass is 343 g/mol. The van der Waals surface area contributed by atoms with E-state index in [9.17, 15) is 4.79 Å². The molecule has 0 heterocycles. The molecule has 25 heavy (non-hydrogen) atoms. The number of rotatable bonds is 10. The minimum Gasteiger partial charge on any atom is -0.497 e. The van der Waals surface area contributed by atoms with Crippen LogP contribution in [0.1, 0.15) is 25.3 Å². The summed E-state index contributed by atoms with van der Waals surface area (Å²) >= 11 is 0. The second-order valence-corrected chi connectivity index (χ2v) is 5.48. The maximum Gasteiger partial charge on any atom is 0.220 e. The van der Waals surface area contributed by atoms with E-state index in [1.807, 2.05) is 55.5 Å². The van der Waals surface area contributed by atoms with Crippen LogP contribution in [0.2, 0.25) is 0 Å². The molecule has 0 radical (unpaired) electrons. The van der Waals surface area contributed by atoms with Gasteiger partial charge in [0.1, 0.15) is 17.2 Å². The molecule has 0 fully saturated rings. The lowest BCUT2D eigenvalue weighted by Crippen LogP contribution is -2.22. The number of ether oxygens (including phenoxy) is 3. The zero-order chi connectivity index (χ0) is 17.9. The summed E-state index contributed by atoms with van der Waals surface area (Å²) in [6.45, 7) is 3.61. The third-order valence-electron chi connectivity index (χ3n) is 3.60. The molecule has 0 unspecified atom stereocenters. The SMILES string of the molecule is CCOc1ccc(OCCCC(=O)NCc2ccc(OC)cc2)cc1. The van der Waals surface area contributed by atoms with Gasteiger partial charge in [-0.15, -0.1) is 0 Å². The predicted molar refractivity (Wildman–Crippen MR) is 97.2 cm³/mol. The van der Waals surface area contributed by atoms with Crippen LogP contribution < -0.4 is 19.5 Å². The van der Waals surface area contributed by atoms with Gasteiger partial charge in [0, 0.05) is 13.0 Å². The van der Waals surface area contributed by atoms with Crippen molar-refractivity contribution in [1.29, 1.82) is 0 Å². The lowest BCUT2D eigenvalue weighted by molar-refractivity contribution is -0.121. The van der Waals surface area contributed by atoms with E-state index in [-0.39, 0.29) is 5.91 Å². The van der Waals surface area contributed by atoms with Gasteiger partial charge in [0.05, 0.1) is 20.3 Å². The van der Waals surface area contributed by atoms with Crippen molar-refractivity contribution in [2.24, 2.45) is 0 Å². The van der Waals surface area contributed by atoms with E-state index in [0.29, 0.717) is 32.6 Å². The number of methoxy groups -OCH3 is 1. The van der Waals surface area contributed by atoms with Crippen LogP contribution in [0.4, 0.5) is 0 Å². The minimum atomic E-state index is 0.0195. The average molecular weight is 343 g/mol. The zero-order valence-corrected chi connectivity index (χ0v) is 14.8. The van der Waals surface area contributed by atoms with E-state index in [1.54, 1.807) is 7.11 Å². The molecular formula is C20H25NO4. The number of hydrogen-bond donors (Lipinski definition) is 1. The Hall–Kier alpha value is -2.69. The number of carbonyl (C=O) groups is 1. The predicted octanol–water partition coefficient (Wildman–Crippen LogP) is 3.57. The largest absolute Gasteiger partial charge is 0.497 e. The normalized spacial score (nSPS) is 10.2. The smallest absolute Gasteiger partial charge is 0.220 e. The van der Waals surface area contributed by atoms with Crippen molar-refractivity contribution in [3.8, 4) is 17.2 Å². The van der Waals surface area contributed by atoms with E-state index in [4.69, 9.17) is 14.2 Å². The Kier molecular flexibility index (Phi) is 7.63. The Balaban J connectivity index is 1.61. The van der Waals surface area contributed by atoms with Crippen molar-refractivity contribution in [3.05, 3.63) is 54.1 Å². The first-order valence-electron chi connectivity index (χ1n) is 8.46. The van der Waals surface area contributed by atoms with Crippen LogP contribution in [0.5, 0.6) is 17.2 Å². The highest BCUT2D eigenvalue weighted by Crippen LogP contribution is 2.17. The molecule has 0 aromatic heterocycles. The standard InChI is InChI=1S/C20H25NO4/c1-3-24-18-10-12-19(13-11-18)25-14-4-5-20(22)21-15-16-6-8-17(23-2)9-7-16/h6-13H,3-5,14-15H2,1-2H3,(H,21,22). The zero-order valence-electron chi connectivity index (χ0n) is 14.8. The molecule has 5 nitrogen and oxygen atoms in total. The van der Waals surface area contributed by atoms with Crippen LogP contribution in [0.25, 0.3) is 0 Å². The highest BCUT2D eigenvalue weighted by atomic mass is 16.5. The van der Waals surface area contributed by atoms with Crippen LogP contribution in [0, 0.1) is 0 Å². The molecule has 0 aliphatic heterocycles. The highest BCUT2D eigenvalue weighted by Gasteiger charge is 2.03. The van der Waals surface area contributed by atoms with Crippen molar-refractivity contribution in [2.75, 3.05) is 20.3 Å². The Labute approximate surface area is 148 Å². The molecule has 0 atom stereocenters. The summed E-state index contributed by atoms with van der Waals surface area (Å²) in [7, 11) is 1.63. The molecule has 134 valence electrons. The fourth-order valence-electron chi connectivity index (χ4n) is 2.25. The van der Waals surface area contributed by atoms with Gasteiger partial charge in [-0.2, -0.15) is 0 Å². The molecule has 0 aliphatic rings. The van der Waals surface area contributed by atoms with Gasteiger partial charge in [-0.1, -0.05) is 12.1 Å². The topological polar surface area (TPSA) is 56.8 Å². The maximum atomic E-state index is 11.9. The van der Waals surface area contributed by atoms with Gasteiger partial charge in [-0.25, -0.2) is 0 Å². The fourth-order valence-corrected chi connectivity index (χ4v) is 2.25. The van der Waals surface area contributed by atoms with Gasteiger partial charge in [-0.3, -0.25) is 4.79 Å². The van der Waals surface area contributed by atoms with E-state index in [0.717, 1.165) is 22.8 Å². The number of benzene rings is 2. The summed E-state index contributed by atoms with van der Waals surface area (Å²) in [6, 6.07) is 15.1. The highest BCUT2D eigenvalue weighted by molar-refractivity contribution is 5.75. The molecule has 0 bridgehead atoms. The summed E-state index contributed by atoms with van der Waals surface area (Å²) < 4.78 is 16.1. The van der Waals surface area contributed by atoms with E-state index < -0.39 is 0 Å². The second kappa shape index (κ2) is 10.2. The quantitative estimate of drug-likeness (QED) is 0.670. The molecule has 1 N–H and O–H groups in total. The molecule has 1 amide bonds. The summed E-state index contributed by atoms with van der Waals surface area (Å²) in [6.07, 6.45) is 1.11. The molecule has 0 saturated carbocycles. The molecule has 2 aromatic rings. The van der Waals surface area contributed by atoms with Gasteiger partial charge < -0.3 is 19.5 Å². The van der Waals surface area contributed by atoms with Gasteiger partial charge in [-0.05, 0) is 55.3 Å². The molecule has 5 heteroatoms. The first-order chi connectivity index (χ1) is 12.2. The Morgan fingerprint density at radius 3 is 2.12 bits per heavy atom. The minimum absolute atomic E-state index is 0.0195. The first kappa shape index (κ1) is 18.6. The maximum absolute atomic E-state index is 11.9. The third-order valence-corrected chi connectivity index (χ3v) is 3.60. The molecule has 2 aromatic carbocycles. The van der Waals surface area contributed by atoms with Crippen LogP contribution in [0.15, 0.2) is 48.5 Å². The van der Waals surface area contributed by atoms with Crippen LogP contribution >= 0.6 is 0 Å². The number of amides is 1. The van der Waals surface area contributed by atoms with Gasteiger partial charge in [0.15, 0.2) is 0 Å². The third kappa shape index (κ3) is 6.75. The van der Waals surface area contributed by atoms with Crippen LogP contribution in [-0.4, -0.2) is 26.2 Å². The number of hydrogen-bond acceptors (Lipinski definition) is 4. The van der Waals surface area contributed by atoms with Crippen LogP contribution in [-0.2, 0) is 11.3 Å². The summed E-state index contributed by atoms with van der Waals surface area (Å²) in [5.41, 5.74) is 1.04. The first-order valence-corrected chi connectivity index (χ1v) is 8.46. The van der Waals surface area contributed by atoms with Gasteiger partial charge in [0.2, 0.25) is 5.91 Å². The van der Waals surface area contributed by atoms with Gasteiger partial charge >= 0.3 is 0 Å². The van der Waals surface area contributed by atoms with Crippen molar-refractivity contribution in [1.82, 2.24) is 5.32 Å². The fraction of sp³-hybridized carbons (Fsp3) is 0.350.